The maximum Gasteiger partial charge on any atom is -0.000696 e. The smallest absolute Gasteiger partial charge is 0.000696 e. The molecule has 0 atom stereocenters. The van der Waals surface area contributed by atoms with E-state index >= 15 is 0 Å². The molecule has 0 saturated carbocycles. The Morgan fingerprint density at radius 1 is 0.203 bits per heavy atom. The fourth-order valence-electron chi connectivity index (χ4n) is 15.7. The first kappa shape index (κ1) is 43.9. The van der Waals surface area contributed by atoms with Crippen molar-refractivity contribution in [3.63, 3.8) is 0 Å². The van der Waals surface area contributed by atoms with Gasteiger partial charge >= 0.3 is 0 Å². The predicted molar refractivity (Wildman–Crippen MR) is 346 cm³/mol. The molecule has 0 fully saturated rings. The summed E-state index contributed by atoms with van der Waals surface area (Å²) < 4.78 is 0. The first-order valence-corrected chi connectivity index (χ1v) is 28.4. The average Bonchev–Trinajstić information content (AvgIpc) is 3.33. The molecule has 0 aromatic heterocycles. The van der Waals surface area contributed by atoms with E-state index in [0.717, 1.165) is 0 Å². The largest absolute Gasteiger partial charge is 0.0622 e. The van der Waals surface area contributed by atoms with E-state index in [1.54, 1.807) is 0 Å². The molecule has 370 valence electrons. The summed E-state index contributed by atoms with van der Waals surface area (Å²) >= 11 is 0. The Morgan fingerprint density at radius 3 is 1.09 bits per heavy atom. The molecule has 0 unspecified atom stereocenters. The SMILES string of the molecule is Cc1cc2c(-c3ccc(C(C)(C)C)cc3)c3c4ccc5c6ccc7c8c(ccc(c9ccc(c4c95)c3c3c4ccc(C(C)(C)C)cc4c(c1)c23)c68)c1c(-c2ccccc2)c2cc(-c3ccccc3)cc3c4ccccc4c(c23)c71. The van der Waals surface area contributed by atoms with Crippen LogP contribution < -0.4 is 0 Å². The Labute approximate surface area is 457 Å². The van der Waals surface area contributed by atoms with Crippen LogP contribution in [0, 0.1) is 6.92 Å². The van der Waals surface area contributed by atoms with E-state index in [9.17, 15) is 0 Å². The zero-order valence-electron chi connectivity index (χ0n) is 45.6. The van der Waals surface area contributed by atoms with Crippen LogP contribution in [0.25, 0.3) is 184 Å². The van der Waals surface area contributed by atoms with Crippen LogP contribution in [0.2, 0.25) is 0 Å². The van der Waals surface area contributed by atoms with Gasteiger partial charge in [0.05, 0.1) is 0 Å². The molecule has 0 heterocycles. The van der Waals surface area contributed by atoms with Crippen molar-refractivity contribution in [2.45, 2.75) is 59.3 Å². The van der Waals surface area contributed by atoms with Crippen LogP contribution in [0.4, 0.5) is 0 Å². The molecule has 0 aliphatic carbocycles. The molecule has 0 N–H and O–H groups in total. The van der Waals surface area contributed by atoms with Gasteiger partial charge in [-0.3, -0.25) is 0 Å². The van der Waals surface area contributed by atoms with Gasteiger partial charge in [-0.05, 0) is 237 Å². The molecule has 0 amide bonds. The minimum absolute atomic E-state index is 0.0247. The molecule has 0 heteroatoms. The van der Waals surface area contributed by atoms with Crippen LogP contribution in [0.1, 0.15) is 58.2 Å². The van der Waals surface area contributed by atoms with Gasteiger partial charge in [0, 0.05) is 0 Å². The molecule has 0 aliphatic rings. The van der Waals surface area contributed by atoms with Gasteiger partial charge in [-0.1, -0.05) is 224 Å². The fraction of sp³-hybridized carbons (Fsp3) is 0.114. The molecule has 18 aromatic carbocycles. The minimum atomic E-state index is 0.0247. The first-order valence-electron chi connectivity index (χ1n) is 28.4. The molecule has 18 aromatic rings. The second-order valence-electron chi connectivity index (χ2n) is 25.4. The molecule has 0 aliphatic heterocycles. The van der Waals surface area contributed by atoms with Crippen molar-refractivity contribution in [3.8, 4) is 33.4 Å². The third-order valence-electron chi connectivity index (χ3n) is 19.1. The second-order valence-corrected chi connectivity index (χ2v) is 25.4. The van der Waals surface area contributed by atoms with Gasteiger partial charge in [0.1, 0.15) is 0 Å². The number of hydrogen-bond acceptors (Lipinski definition) is 0. The number of rotatable bonds is 3. The maximum absolute atomic E-state index is 2.51. The van der Waals surface area contributed by atoms with Gasteiger partial charge in [-0.25, -0.2) is 0 Å². The highest BCUT2D eigenvalue weighted by Crippen LogP contribution is 2.59. The van der Waals surface area contributed by atoms with Crippen LogP contribution in [-0.4, -0.2) is 0 Å². The molecule has 79 heavy (non-hydrogen) atoms. The van der Waals surface area contributed by atoms with Gasteiger partial charge in [0.15, 0.2) is 0 Å². The normalized spacial score (nSPS) is 13.3. The second kappa shape index (κ2) is 14.7. The van der Waals surface area contributed by atoms with Gasteiger partial charge in [-0.2, -0.15) is 0 Å². The van der Waals surface area contributed by atoms with Crippen molar-refractivity contribution < 1.29 is 0 Å². The lowest BCUT2D eigenvalue weighted by molar-refractivity contribution is 0.590. The summed E-state index contributed by atoms with van der Waals surface area (Å²) in [4.78, 5) is 0. The van der Waals surface area contributed by atoms with Crippen molar-refractivity contribution in [1.29, 1.82) is 0 Å². The van der Waals surface area contributed by atoms with Crippen LogP contribution in [0.15, 0.2) is 200 Å². The topological polar surface area (TPSA) is 0 Å². The Bertz CT molecular complexity index is 5610. The van der Waals surface area contributed by atoms with E-state index < -0.39 is 0 Å². The summed E-state index contributed by atoms with van der Waals surface area (Å²) in [6.07, 6.45) is 0. The molecule has 18 rings (SSSR count). The lowest BCUT2D eigenvalue weighted by Crippen LogP contribution is -2.10. The summed E-state index contributed by atoms with van der Waals surface area (Å²) in [5.74, 6) is 0. The molecule has 0 nitrogen and oxygen atoms in total. The Morgan fingerprint density at radius 2 is 0.544 bits per heavy atom. The van der Waals surface area contributed by atoms with Crippen LogP contribution in [-0.2, 0) is 10.8 Å². The maximum atomic E-state index is 2.51. The van der Waals surface area contributed by atoms with Gasteiger partial charge in [0.2, 0.25) is 0 Å². The van der Waals surface area contributed by atoms with Crippen LogP contribution >= 0.6 is 0 Å². The zero-order valence-corrected chi connectivity index (χ0v) is 45.6. The van der Waals surface area contributed by atoms with E-state index in [2.05, 4.69) is 249 Å². The van der Waals surface area contributed by atoms with Crippen molar-refractivity contribution in [3.05, 3.63) is 217 Å². The molecule has 0 saturated heterocycles. The zero-order chi connectivity index (χ0) is 52.7. The van der Waals surface area contributed by atoms with E-state index in [1.807, 2.05) is 0 Å². The third-order valence-corrected chi connectivity index (χ3v) is 19.1. The summed E-state index contributed by atoms with van der Waals surface area (Å²) in [7, 11) is 0. The standard InChI is InChI=1S/C79H54/c1-41-36-60-59-40-47(79(5,6)7)26-27-54(59)73-70(60)62(37-41)65(44-22-24-46(25-23-44)78(2,3)4)75-56-33-29-51-52-30-34-57-68-55(32-28-50(66(52)68)53-31-35-58(77(73)75)69(56)67(51)53)74-64(43-18-12-9-13-19-43)63-39-45(42-16-10-8-11-17-42)38-61-48-20-14-15-21-49(48)72(71(61)63)76(57)74/h8-40H,1-7H3. The first-order chi connectivity index (χ1) is 38.4. The highest BCUT2D eigenvalue weighted by molar-refractivity contribution is 6.54. The Kier molecular flexibility index (Phi) is 8.19. The Hall–Kier alpha value is -9.10. The van der Waals surface area contributed by atoms with Gasteiger partial charge < -0.3 is 0 Å². The van der Waals surface area contributed by atoms with Crippen molar-refractivity contribution in [2.24, 2.45) is 0 Å². The molecule has 0 radical (unpaired) electrons. The molecular formula is C79H54. The van der Waals surface area contributed by atoms with Crippen LogP contribution in [0.5, 0.6) is 0 Å². The fourth-order valence-corrected chi connectivity index (χ4v) is 15.7. The molecule has 0 bridgehead atoms. The van der Waals surface area contributed by atoms with Crippen molar-refractivity contribution >= 4 is 151 Å². The summed E-state index contributed by atoms with van der Waals surface area (Å²) in [6.45, 7) is 16.3. The highest BCUT2D eigenvalue weighted by Gasteiger charge is 2.31. The lowest BCUT2D eigenvalue weighted by atomic mass is 9.84. The van der Waals surface area contributed by atoms with Gasteiger partial charge in [-0.15, -0.1) is 0 Å². The molecule has 0 spiro atoms. The lowest BCUT2D eigenvalue weighted by Gasteiger charge is -2.20. The quantitative estimate of drug-likeness (QED) is 0.122. The summed E-state index contributed by atoms with van der Waals surface area (Å²) in [5.41, 5.74) is 11.8. The number of fused-ring (bicyclic) bond motifs is 16. The number of benzene rings is 14. The predicted octanol–water partition coefficient (Wildman–Crippen LogP) is 22.9. The Balaban J connectivity index is 1.01. The number of hydrogen-bond donors (Lipinski definition) is 0. The van der Waals surface area contributed by atoms with E-state index in [0.29, 0.717) is 0 Å². The molecular weight excluding hydrogens is 949 g/mol. The summed E-state index contributed by atoms with van der Waals surface area (Å²) in [5, 5.41) is 37.9. The van der Waals surface area contributed by atoms with E-state index in [1.165, 1.54) is 201 Å². The number of aryl methyl sites for hydroxylation is 1. The van der Waals surface area contributed by atoms with Crippen LogP contribution in [0.3, 0.4) is 0 Å². The minimum Gasteiger partial charge on any atom is -0.0622 e. The average molecular weight is 1000 g/mol. The highest BCUT2D eigenvalue weighted by atomic mass is 14.3. The van der Waals surface area contributed by atoms with E-state index in [-0.39, 0.29) is 10.8 Å². The van der Waals surface area contributed by atoms with E-state index in [4.69, 9.17) is 0 Å². The van der Waals surface area contributed by atoms with Crippen molar-refractivity contribution in [2.75, 3.05) is 0 Å². The van der Waals surface area contributed by atoms with Gasteiger partial charge in [0.25, 0.3) is 0 Å². The van der Waals surface area contributed by atoms with Crippen molar-refractivity contribution in [1.82, 2.24) is 0 Å². The monoisotopic (exact) mass is 1000 g/mol. The summed E-state index contributed by atoms with van der Waals surface area (Å²) in [6, 6.07) is 78.2. The third kappa shape index (κ3) is 5.49.